The van der Waals surface area contributed by atoms with Crippen LogP contribution in [0.15, 0.2) is 78.3 Å². The number of hydrogen-bond acceptors (Lipinski definition) is 8. The Hall–Kier alpha value is -3.86. The number of ether oxygens (including phenoxy) is 1. The second-order valence-electron chi connectivity index (χ2n) is 11.5. The van der Waals surface area contributed by atoms with Crippen LogP contribution in [0, 0.1) is 0 Å². The molecule has 4 atom stereocenters. The molecule has 4 unspecified atom stereocenters. The second-order valence-corrected chi connectivity index (χ2v) is 11.5. The highest BCUT2D eigenvalue weighted by atomic mass is 16.5. The average molecular weight is 624 g/mol. The summed E-state index contributed by atoms with van der Waals surface area (Å²) < 4.78 is 5.62. The van der Waals surface area contributed by atoms with Crippen LogP contribution in [0.2, 0.25) is 0 Å². The summed E-state index contributed by atoms with van der Waals surface area (Å²) in [5, 5.41) is 28.5. The first kappa shape index (κ1) is 37.3. The van der Waals surface area contributed by atoms with Crippen molar-refractivity contribution in [3.63, 3.8) is 0 Å². The van der Waals surface area contributed by atoms with Crippen LogP contribution in [0.3, 0.4) is 0 Å². The van der Waals surface area contributed by atoms with E-state index in [4.69, 9.17) is 25.5 Å². The van der Waals surface area contributed by atoms with E-state index in [1.54, 1.807) is 5.57 Å². The van der Waals surface area contributed by atoms with E-state index in [0.29, 0.717) is 5.82 Å². The fourth-order valence-electron chi connectivity index (χ4n) is 5.19. The van der Waals surface area contributed by atoms with Crippen LogP contribution in [0.5, 0.6) is 0 Å². The van der Waals surface area contributed by atoms with Gasteiger partial charge in [0.1, 0.15) is 12.3 Å². The molecule has 2 aliphatic rings. The predicted molar refractivity (Wildman–Crippen MR) is 180 cm³/mol. The Morgan fingerprint density at radius 3 is 2.31 bits per heavy atom. The molecule has 248 valence electrons. The van der Waals surface area contributed by atoms with Crippen LogP contribution in [0.4, 0.5) is 5.69 Å². The molecule has 1 saturated heterocycles. The van der Waals surface area contributed by atoms with Crippen molar-refractivity contribution >= 4 is 18.1 Å². The van der Waals surface area contributed by atoms with E-state index in [1.165, 1.54) is 36.1 Å². The molecule has 0 bridgehead atoms. The lowest BCUT2D eigenvalue weighted by Gasteiger charge is -2.24. The monoisotopic (exact) mass is 623 g/mol. The van der Waals surface area contributed by atoms with Gasteiger partial charge in [0, 0.05) is 30.6 Å². The molecular formula is C35H53N5O5. The largest absolute Gasteiger partial charge is 0.483 e. The molecule has 0 radical (unpaired) electrons. The minimum atomic E-state index is -0.295. The third-order valence-corrected chi connectivity index (χ3v) is 7.60. The van der Waals surface area contributed by atoms with Gasteiger partial charge >= 0.3 is 0 Å². The standard InChI is InChI=1S/C26H41N5O2.C8H10O.CH2O2/c1-17(29-26(32)25-18(2)33-20(4)30-25)16-21-11-13-23(14-12-21)31-24(22-8-7-9-22)10-5-6-15-28-19(3)27;9-7-6-8-4-2-1-3-5-8;2-1-3/h11-14,17-18,20,25,28,30-31H,3,5-10,15-16,27H2,1-2,4H3,(H,29,32);1-5,9H,6-7H2;1H,(H,2,3). The van der Waals surface area contributed by atoms with E-state index in [0.717, 1.165) is 44.3 Å². The molecule has 45 heavy (non-hydrogen) atoms. The summed E-state index contributed by atoms with van der Waals surface area (Å²) in [4.78, 5) is 20.9. The number of carbonyl (C=O) groups is 2. The van der Waals surface area contributed by atoms with E-state index >= 15 is 0 Å². The first-order valence-corrected chi connectivity index (χ1v) is 15.9. The summed E-state index contributed by atoms with van der Waals surface area (Å²) in [6, 6.07) is 18.3. The Morgan fingerprint density at radius 1 is 1.11 bits per heavy atom. The lowest BCUT2D eigenvalue weighted by atomic mass is 9.89. The van der Waals surface area contributed by atoms with Gasteiger partial charge in [0.2, 0.25) is 5.91 Å². The van der Waals surface area contributed by atoms with Gasteiger partial charge in [-0.3, -0.25) is 14.9 Å². The summed E-state index contributed by atoms with van der Waals surface area (Å²) in [5.41, 5.74) is 12.0. The highest BCUT2D eigenvalue weighted by Gasteiger charge is 2.34. The van der Waals surface area contributed by atoms with Crippen molar-refractivity contribution in [1.82, 2.24) is 16.0 Å². The number of nitrogens with one attached hydrogen (secondary N) is 4. The lowest BCUT2D eigenvalue weighted by molar-refractivity contribution is -0.124. The zero-order valence-corrected chi connectivity index (χ0v) is 27.1. The van der Waals surface area contributed by atoms with Crippen LogP contribution in [0.1, 0.15) is 70.4 Å². The summed E-state index contributed by atoms with van der Waals surface area (Å²) in [7, 11) is 0. The van der Waals surface area contributed by atoms with E-state index < -0.39 is 0 Å². The number of aliphatic hydroxyl groups excluding tert-OH is 1. The van der Waals surface area contributed by atoms with E-state index in [2.05, 4.69) is 52.1 Å². The van der Waals surface area contributed by atoms with Crippen molar-refractivity contribution in [1.29, 1.82) is 0 Å². The zero-order valence-electron chi connectivity index (χ0n) is 27.1. The number of carboxylic acid groups (broad SMARTS) is 1. The van der Waals surface area contributed by atoms with Crippen LogP contribution in [-0.2, 0) is 27.2 Å². The number of benzene rings is 2. The Kier molecular flexibility index (Phi) is 17.4. The van der Waals surface area contributed by atoms with Gasteiger partial charge in [-0.25, -0.2) is 0 Å². The minimum Gasteiger partial charge on any atom is -0.483 e. The van der Waals surface area contributed by atoms with Crippen LogP contribution < -0.4 is 27.0 Å². The van der Waals surface area contributed by atoms with Crippen molar-refractivity contribution in [2.24, 2.45) is 5.73 Å². The number of carbonyl (C=O) groups excluding carboxylic acids is 1. The van der Waals surface area contributed by atoms with E-state index in [-0.39, 0.29) is 43.4 Å². The first-order chi connectivity index (χ1) is 21.7. The first-order valence-electron chi connectivity index (χ1n) is 15.9. The molecule has 4 rings (SSSR count). The van der Waals surface area contributed by atoms with Crippen molar-refractivity contribution in [2.75, 3.05) is 18.5 Å². The third kappa shape index (κ3) is 14.6. The maximum Gasteiger partial charge on any atom is 0.290 e. The predicted octanol–water partition coefficient (Wildman–Crippen LogP) is 4.42. The highest BCUT2D eigenvalue weighted by Crippen LogP contribution is 2.31. The average Bonchev–Trinajstić information content (AvgIpc) is 3.32. The summed E-state index contributed by atoms with van der Waals surface area (Å²) >= 11 is 0. The molecule has 8 N–H and O–H groups in total. The number of nitrogens with two attached hydrogens (primary N) is 1. The zero-order chi connectivity index (χ0) is 33.0. The topological polar surface area (TPSA) is 158 Å². The van der Waals surface area contributed by atoms with Crippen LogP contribution >= 0.6 is 0 Å². The molecule has 2 aromatic carbocycles. The number of amides is 1. The smallest absolute Gasteiger partial charge is 0.290 e. The van der Waals surface area contributed by atoms with Crippen molar-refractivity contribution in [2.45, 2.75) is 96.6 Å². The summed E-state index contributed by atoms with van der Waals surface area (Å²) in [6.45, 7) is 10.4. The Bertz CT molecular complexity index is 1180. The van der Waals surface area contributed by atoms with Gasteiger partial charge in [-0.1, -0.05) is 54.6 Å². The van der Waals surface area contributed by atoms with Gasteiger partial charge in [-0.05, 0) is 95.4 Å². The van der Waals surface area contributed by atoms with Gasteiger partial charge in [-0.15, -0.1) is 0 Å². The highest BCUT2D eigenvalue weighted by molar-refractivity contribution is 5.83. The molecule has 1 heterocycles. The van der Waals surface area contributed by atoms with Crippen LogP contribution in [-0.4, -0.2) is 60.2 Å². The molecule has 0 spiro atoms. The Balaban J connectivity index is 0.000000493. The minimum absolute atomic E-state index is 0.000351. The van der Waals surface area contributed by atoms with Gasteiger partial charge in [0.25, 0.3) is 6.47 Å². The SMILES string of the molecule is C=C(N)NCCCCC(Nc1ccc(CC(C)NC(=O)C2NC(C)OC2C)cc1)=C1CCC1.O=CO.OCCc1ccccc1. The van der Waals surface area contributed by atoms with Gasteiger partial charge in [-0.2, -0.15) is 0 Å². The number of allylic oxidation sites excluding steroid dienone is 2. The maximum atomic E-state index is 12.6. The Morgan fingerprint density at radius 2 is 1.78 bits per heavy atom. The fraction of sp³-hybridized carbons (Fsp3) is 0.486. The van der Waals surface area contributed by atoms with Gasteiger partial charge in [0.15, 0.2) is 0 Å². The maximum absolute atomic E-state index is 12.6. The van der Waals surface area contributed by atoms with Gasteiger partial charge < -0.3 is 36.6 Å². The number of unbranched alkanes of at least 4 members (excludes halogenated alkanes) is 1. The van der Waals surface area contributed by atoms with Crippen LogP contribution in [0.25, 0.3) is 0 Å². The van der Waals surface area contributed by atoms with E-state index in [1.807, 2.05) is 51.1 Å². The lowest BCUT2D eigenvalue weighted by Crippen LogP contribution is -2.49. The molecule has 10 nitrogen and oxygen atoms in total. The molecule has 1 aliphatic heterocycles. The number of aliphatic hydroxyl groups is 1. The quantitative estimate of drug-likeness (QED) is 0.120. The molecule has 10 heteroatoms. The van der Waals surface area contributed by atoms with Crippen molar-refractivity contribution < 1.29 is 24.5 Å². The molecule has 1 amide bonds. The third-order valence-electron chi connectivity index (χ3n) is 7.60. The molecule has 2 fully saturated rings. The number of hydrogen-bond donors (Lipinski definition) is 7. The molecule has 1 saturated carbocycles. The molecule has 1 aliphatic carbocycles. The summed E-state index contributed by atoms with van der Waals surface area (Å²) in [5.74, 6) is 0.536. The second kappa shape index (κ2) is 21.0. The fourth-order valence-corrected chi connectivity index (χ4v) is 5.19. The van der Waals surface area contributed by atoms with Gasteiger partial charge in [0.05, 0.1) is 11.9 Å². The van der Waals surface area contributed by atoms with Crippen molar-refractivity contribution in [3.05, 3.63) is 89.4 Å². The van der Waals surface area contributed by atoms with E-state index in [9.17, 15) is 4.79 Å². The number of rotatable bonds is 14. The number of anilines is 1. The molecular weight excluding hydrogens is 570 g/mol. The molecule has 2 aromatic rings. The normalized spacial score (nSPS) is 18.9. The Labute approximate surface area is 268 Å². The summed E-state index contributed by atoms with van der Waals surface area (Å²) in [6.07, 6.45) is 8.27. The van der Waals surface area contributed by atoms with Crippen molar-refractivity contribution in [3.8, 4) is 0 Å². The molecule has 0 aromatic heterocycles.